The summed E-state index contributed by atoms with van der Waals surface area (Å²) >= 11 is 1.22. The van der Waals surface area contributed by atoms with E-state index in [9.17, 15) is 15.3 Å². The molecule has 1 fully saturated rings. The van der Waals surface area contributed by atoms with Gasteiger partial charge in [-0.25, -0.2) is 4.98 Å². The van der Waals surface area contributed by atoms with Crippen LogP contribution in [0.3, 0.4) is 0 Å². The maximum atomic E-state index is 9.83. The lowest BCUT2D eigenvalue weighted by Gasteiger charge is -2.34. The number of pyridine rings is 1. The lowest BCUT2D eigenvalue weighted by Crippen LogP contribution is -2.50. The molecule has 1 aromatic heterocycles. The van der Waals surface area contributed by atoms with Crippen molar-refractivity contribution in [3.05, 3.63) is 23.5 Å². The molecule has 19 heavy (non-hydrogen) atoms. The molecule has 0 bridgehead atoms. The van der Waals surface area contributed by atoms with Crippen molar-refractivity contribution >= 4 is 11.8 Å². The highest BCUT2D eigenvalue weighted by molar-refractivity contribution is 7.99. The van der Waals surface area contributed by atoms with Crippen LogP contribution in [0, 0.1) is 18.3 Å². The lowest BCUT2D eigenvalue weighted by atomic mass is 10.1. The molecular weight excluding hydrogens is 268 g/mol. The predicted octanol–water partition coefficient (Wildman–Crippen LogP) is -0.204. The number of nitriles is 1. The lowest BCUT2D eigenvalue weighted by molar-refractivity contribution is -0.0787. The predicted molar refractivity (Wildman–Crippen MR) is 68.6 cm³/mol. The fourth-order valence-corrected chi connectivity index (χ4v) is 2.86. The summed E-state index contributed by atoms with van der Waals surface area (Å²) in [5, 5.41) is 37.6. The normalized spacial score (nSPS) is 30.7. The van der Waals surface area contributed by atoms with Gasteiger partial charge in [-0.2, -0.15) is 5.26 Å². The van der Waals surface area contributed by atoms with E-state index in [4.69, 9.17) is 10.00 Å². The van der Waals surface area contributed by atoms with Crippen LogP contribution in [-0.4, -0.2) is 49.8 Å². The number of nitrogens with zero attached hydrogens (tertiary/aromatic N) is 2. The first-order valence-electron chi connectivity index (χ1n) is 5.73. The average Bonchev–Trinajstić information content (AvgIpc) is 2.41. The highest BCUT2D eigenvalue weighted by Gasteiger charge is 2.38. The number of ether oxygens (including phenoxy) is 1. The molecule has 0 saturated carbocycles. The number of aryl methyl sites for hydroxylation is 1. The Morgan fingerprint density at radius 1 is 1.37 bits per heavy atom. The molecule has 0 amide bonds. The van der Waals surface area contributed by atoms with Crippen LogP contribution in [-0.2, 0) is 0 Å². The van der Waals surface area contributed by atoms with Gasteiger partial charge >= 0.3 is 0 Å². The maximum Gasteiger partial charge on any atom is 0.173 e. The van der Waals surface area contributed by atoms with Gasteiger partial charge in [0.15, 0.2) is 5.44 Å². The van der Waals surface area contributed by atoms with E-state index >= 15 is 0 Å². The molecule has 4 atom stereocenters. The smallest absolute Gasteiger partial charge is 0.173 e. The molecule has 102 valence electrons. The third-order valence-electron chi connectivity index (χ3n) is 2.85. The number of hydrogen-bond donors (Lipinski definition) is 3. The van der Waals surface area contributed by atoms with E-state index in [-0.39, 0.29) is 11.4 Å². The van der Waals surface area contributed by atoms with Gasteiger partial charge in [0.1, 0.15) is 29.7 Å². The van der Waals surface area contributed by atoms with Gasteiger partial charge in [0.2, 0.25) is 0 Å². The van der Waals surface area contributed by atoms with Crippen molar-refractivity contribution < 1.29 is 20.1 Å². The highest BCUT2D eigenvalue weighted by Crippen LogP contribution is 2.30. The number of thioether (sulfide) groups is 1. The Labute approximate surface area is 114 Å². The fraction of sp³-hybridized carbons (Fsp3) is 0.500. The van der Waals surface area contributed by atoms with Crippen molar-refractivity contribution in [1.29, 1.82) is 5.26 Å². The summed E-state index contributed by atoms with van der Waals surface area (Å²) in [7, 11) is 0. The number of hydrogen-bond acceptors (Lipinski definition) is 7. The monoisotopic (exact) mass is 282 g/mol. The number of aromatic nitrogens is 1. The van der Waals surface area contributed by atoms with Crippen molar-refractivity contribution in [1.82, 2.24) is 4.98 Å². The molecule has 1 aromatic rings. The Balaban J connectivity index is 2.11. The van der Waals surface area contributed by atoms with Crippen molar-refractivity contribution in [2.24, 2.45) is 0 Å². The summed E-state index contributed by atoms with van der Waals surface area (Å²) in [6, 6.07) is 5.05. The van der Waals surface area contributed by atoms with Gasteiger partial charge in [0.25, 0.3) is 0 Å². The van der Waals surface area contributed by atoms with Crippen LogP contribution in [0.25, 0.3) is 0 Å². The van der Waals surface area contributed by atoms with E-state index in [1.807, 2.05) is 6.07 Å². The van der Waals surface area contributed by atoms with Crippen LogP contribution in [0.5, 0.6) is 5.75 Å². The largest absolute Gasteiger partial charge is 0.475 e. The average molecular weight is 282 g/mol. The van der Waals surface area contributed by atoms with Crippen LogP contribution in [0.1, 0.15) is 11.4 Å². The molecule has 2 rings (SSSR count). The number of aliphatic hydroxyl groups excluding tert-OH is 3. The second-order valence-electron chi connectivity index (χ2n) is 4.26. The van der Waals surface area contributed by atoms with Gasteiger partial charge in [0.05, 0.1) is 11.8 Å². The Morgan fingerprint density at radius 2 is 2.11 bits per heavy atom. The molecule has 0 unspecified atom stereocenters. The molecule has 0 radical (unpaired) electrons. The van der Waals surface area contributed by atoms with Gasteiger partial charge in [-0.05, 0) is 19.1 Å². The third-order valence-corrected chi connectivity index (χ3v) is 4.09. The van der Waals surface area contributed by atoms with E-state index in [2.05, 4.69) is 4.98 Å². The summed E-state index contributed by atoms with van der Waals surface area (Å²) in [5.74, 6) is 0.727. The first-order valence-corrected chi connectivity index (χ1v) is 6.78. The molecule has 3 N–H and O–H groups in total. The molecule has 6 nitrogen and oxygen atoms in total. The SMILES string of the molecule is Cc1nc(C#N)ccc1O[C@@H]1SC[C@@H](O)[C@H](O)[C@H]1O. The van der Waals surface area contributed by atoms with Crippen LogP contribution in [0.4, 0.5) is 0 Å². The maximum absolute atomic E-state index is 9.83. The zero-order valence-electron chi connectivity index (χ0n) is 10.2. The second kappa shape index (κ2) is 5.75. The van der Waals surface area contributed by atoms with Crippen molar-refractivity contribution in [2.75, 3.05) is 5.75 Å². The van der Waals surface area contributed by atoms with Gasteiger partial charge in [-0.15, -0.1) is 11.8 Å². The zero-order chi connectivity index (χ0) is 14.0. The molecule has 1 aliphatic rings. The van der Waals surface area contributed by atoms with Gasteiger partial charge in [-0.3, -0.25) is 0 Å². The molecule has 0 aromatic carbocycles. The first-order chi connectivity index (χ1) is 9.02. The van der Waals surface area contributed by atoms with Crippen molar-refractivity contribution in [3.63, 3.8) is 0 Å². The standard InChI is InChI=1S/C12H14N2O4S/c1-6-9(3-2-7(4-13)14-6)18-12-11(17)10(16)8(15)5-19-12/h2-3,8,10-12,15-17H,5H2,1H3/t8-,10+,11-,12-/m1/s1. The Kier molecular flexibility index (Phi) is 4.27. The molecular formula is C12H14N2O4S. The summed E-state index contributed by atoms with van der Waals surface area (Å²) < 4.78 is 5.59. The minimum absolute atomic E-state index is 0.283. The quantitative estimate of drug-likeness (QED) is 0.689. The van der Waals surface area contributed by atoms with Crippen molar-refractivity contribution in [3.8, 4) is 11.8 Å². The fourth-order valence-electron chi connectivity index (χ4n) is 1.74. The Hall–Kier alpha value is -1.33. The highest BCUT2D eigenvalue weighted by atomic mass is 32.2. The second-order valence-corrected chi connectivity index (χ2v) is 5.39. The van der Waals surface area contributed by atoms with E-state index in [0.29, 0.717) is 11.4 Å². The molecule has 7 heteroatoms. The summed E-state index contributed by atoms with van der Waals surface area (Å²) in [6.45, 7) is 1.70. The molecule has 0 aliphatic carbocycles. The molecule has 2 heterocycles. The third kappa shape index (κ3) is 2.98. The molecule has 1 aliphatic heterocycles. The topological polar surface area (TPSA) is 107 Å². The van der Waals surface area contributed by atoms with E-state index in [1.54, 1.807) is 13.0 Å². The van der Waals surface area contributed by atoms with Crippen LogP contribution >= 0.6 is 11.8 Å². The number of aliphatic hydroxyl groups is 3. The Bertz CT molecular complexity index is 505. The molecule has 1 saturated heterocycles. The minimum Gasteiger partial charge on any atom is -0.475 e. The van der Waals surface area contributed by atoms with Gasteiger partial charge in [0, 0.05) is 5.75 Å². The van der Waals surface area contributed by atoms with Gasteiger partial charge < -0.3 is 20.1 Å². The summed E-state index contributed by atoms with van der Waals surface area (Å²) in [6.07, 6.45) is -3.36. The summed E-state index contributed by atoms with van der Waals surface area (Å²) in [5.41, 5.74) is 0.149. The van der Waals surface area contributed by atoms with E-state index in [0.717, 1.165) is 0 Å². The van der Waals surface area contributed by atoms with Gasteiger partial charge in [-0.1, -0.05) is 0 Å². The Morgan fingerprint density at radius 3 is 2.74 bits per heavy atom. The van der Waals surface area contributed by atoms with E-state index < -0.39 is 23.7 Å². The van der Waals surface area contributed by atoms with Crippen LogP contribution in [0.2, 0.25) is 0 Å². The molecule has 0 spiro atoms. The van der Waals surface area contributed by atoms with E-state index in [1.165, 1.54) is 17.8 Å². The van der Waals surface area contributed by atoms with Crippen LogP contribution < -0.4 is 4.74 Å². The minimum atomic E-state index is -1.22. The first kappa shape index (κ1) is 14.1. The number of rotatable bonds is 2. The summed E-state index contributed by atoms with van der Waals surface area (Å²) in [4.78, 5) is 4.03. The van der Waals surface area contributed by atoms with Crippen molar-refractivity contribution in [2.45, 2.75) is 30.7 Å². The zero-order valence-corrected chi connectivity index (χ0v) is 11.0. The van der Waals surface area contributed by atoms with Crippen LogP contribution in [0.15, 0.2) is 12.1 Å².